The Morgan fingerprint density at radius 2 is 2.12 bits per heavy atom. The molecule has 0 spiro atoms. The maximum Gasteiger partial charge on any atom is 0.261 e. The monoisotopic (exact) mass is 389 g/mol. The third kappa shape index (κ3) is 3.64. The number of nitrogens with zero attached hydrogens (tertiary/aromatic N) is 3. The van der Waals surface area contributed by atoms with Gasteiger partial charge in [0.2, 0.25) is 0 Å². The number of carbonyl (C=O) groups is 1. The van der Waals surface area contributed by atoms with Gasteiger partial charge in [0.05, 0.1) is 23.5 Å². The van der Waals surface area contributed by atoms with Crippen molar-refractivity contribution in [3.63, 3.8) is 0 Å². The van der Waals surface area contributed by atoms with E-state index in [2.05, 4.69) is 4.98 Å². The topological polar surface area (TPSA) is 46.8 Å². The number of imidazole rings is 1. The van der Waals surface area contributed by atoms with Gasteiger partial charge in [0.1, 0.15) is 11.4 Å². The number of hydrogen-bond donors (Lipinski definition) is 0. The summed E-state index contributed by atoms with van der Waals surface area (Å²) in [5.74, 6) is 0.388. The number of rotatable bonds is 6. The summed E-state index contributed by atoms with van der Waals surface area (Å²) in [5, 5.41) is 0.922. The van der Waals surface area contributed by atoms with Crippen LogP contribution in [0.1, 0.15) is 18.5 Å². The molecule has 0 saturated heterocycles. The summed E-state index contributed by atoms with van der Waals surface area (Å²) in [5.41, 5.74) is 1.85. The lowest BCUT2D eigenvalue weighted by Gasteiger charge is -2.22. The molecule has 1 saturated carbocycles. The molecule has 3 aromatic rings. The first-order valence-corrected chi connectivity index (χ1v) is 9.16. The van der Waals surface area contributed by atoms with Gasteiger partial charge in [-0.25, -0.2) is 4.98 Å². The summed E-state index contributed by atoms with van der Waals surface area (Å²) in [4.78, 5) is 19.0. The number of amides is 1. The van der Waals surface area contributed by atoms with Crippen LogP contribution in [0.25, 0.3) is 5.65 Å². The van der Waals surface area contributed by atoms with Crippen molar-refractivity contribution in [1.29, 1.82) is 0 Å². The van der Waals surface area contributed by atoms with E-state index in [0.717, 1.165) is 24.2 Å². The van der Waals surface area contributed by atoms with Crippen LogP contribution in [0.5, 0.6) is 5.75 Å². The molecular weight excluding hydrogens is 373 g/mol. The van der Waals surface area contributed by atoms with Gasteiger partial charge >= 0.3 is 0 Å². The second kappa shape index (κ2) is 7.17. The van der Waals surface area contributed by atoms with Crippen molar-refractivity contribution in [3.05, 3.63) is 64.5 Å². The molecule has 26 heavy (non-hydrogen) atoms. The van der Waals surface area contributed by atoms with Crippen LogP contribution in [-0.4, -0.2) is 32.8 Å². The Labute approximate surface area is 161 Å². The highest BCUT2D eigenvalue weighted by atomic mass is 35.5. The zero-order valence-corrected chi connectivity index (χ0v) is 15.5. The van der Waals surface area contributed by atoms with Crippen molar-refractivity contribution in [3.8, 4) is 5.75 Å². The molecule has 0 bridgehead atoms. The number of fused-ring (bicyclic) bond motifs is 1. The Morgan fingerprint density at radius 1 is 1.27 bits per heavy atom. The highest BCUT2D eigenvalue weighted by Crippen LogP contribution is 2.30. The van der Waals surface area contributed by atoms with Crippen LogP contribution in [-0.2, 0) is 11.3 Å². The molecular formula is C19H17Cl2N3O2. The maximum atomic E-state index is 12.7. The fourth-order valence-electron chi connectivity index (χ4n) is 2.90. The molecule has 0 atom stereocenters. The van der Waals surface area contributed by atoms with Gasteiger partial charge in [0.25, 0.3) is 5.91 Å². The first-order valence-electron chi connectivity index (χ1n) is 8.40. The van der Waals surface area contributed by atoms with Crippen molar-refractivity contribution < 1.29 is 9.53 Å². The van der Waals surface area contributed by atoms with E-state index in [1.807, 2.05) is 39.9 Å². The molecule has 0 aliphatic heterocycles. The quantitative estimate of drug-likeness (QED) is 0.634. The molecule has 2 heterocycles. The van der Waals surface area contributed by atoms with Crippen LogP contribution >= 0.6 is 23.2 Å². The van der Waals surface area contributed by atoms with Gasteiger partial charge in [-0.05, 0) is 43.2 Å². The van der Waals surface area contributed by atoms with Crippen molar-refractivity contribution >= 4 is 34.8 Å². The molecule has 0 N–H and O–H groups in total. The average molecular weight is 390 g/mol. The van der Waals surface area contributed by atoms with Crippen LogP contribution < -0.4 is 4.74 Å². The number of hydrogen-bond acceptors (Lipinski definition) is 3. The van der Waals surface area contributed by atoms with Crippen LogP contribution in [0.15, 0.2) is 48.8 Å². The lowest BCUT2D eigenvalue weighted by molar-refractivity contribution is -0.134. The number of pyridine rings is 1. The predicted molar refractivity (Wildman–Crippen MR) is 101 cm³/mol. The van der Waals surface area contributed by atoms with Crippen molar-refractivity contribution in [2.24, 2.45) is 0 Å². The summed E-state index contributed by atoms with van der Waals surface area (Å²) >= 11 is 12.0. The Hall–Kier alpha value is -2.24. The SMILES string of the molecule is O=C(COc1ccc(Cl)cc1Cl)N(Cc1cnc2ccccn12)C1CC1. The van der Waals surface area contributed by atoms with Gasteiger partial charge in [-0.3, -0.25) is 4.79 Å². The Kier molecular flexibility index (Phi) is 4.74. The first-order chi connectivity index (χ1) is 12.6. The van der Waals surface area contributed by atoms with Gasteiger partial charge in [-0.2, -0.15) is 0 Å². The van der Waals surface area contributed by atoms with E-state index in [0.29, 0.717) is 22.3 Å². The average Bonchev–Trinajstić information content (AvgIpc) is 3.39. The van der Waals surface area contributed by atoms with E-state index in [1.165, 1.54) is 0 Å². The largest absolute Gasteiger partial charge is 0.482 e. The van der Waals surface area contributed by atoms with Gasteiger partial charge in [0.15, 0.2) is 6.61 Å². The number of aromatic nitrogens is 2. The van der Waals surface area contributed by atoms with Gasteiger partial charge in [-0.15, -0.1) is 0 Å². The molecule has 1 aromatic carbocycles. The second-order valence-corrected chi connectivity index (χ2v) is 7.14. The Morgan fingerprint density at radius 3 is 2.88 bits per heavy atom. The van der Waals surface area contributed by atoms with E-state index in [9.17, 15) is 4.79 Å². The fraction of sp³-hybridized carbons (Fsp3) is 0.263. The summed E-state index contributed by atoms with van der Waals surface area (Å²) in [7, 11) is 0. The fourth-order valence-corrected chi connectivity index (χ4v) is 3.36. The van der Waals surface area contributed by atoms with Crippen LogP contribution in [0.4, 0.5) is 0 Å². The third-order valence-corrected chi connectivity index (χ3v) is 4.91. The van der Waals surface area contributed by atoms with Crippen LogP contribution in [0.3, 0.4) is 0 Å². The molecule has 2 aromatic heterocycles. The highest BCUT2D eigenvalue weighted by Gasteiger charge is 2.33. The second-order valence-electron chi connectivity index (χ2n) is 6.29. The van der Waals surface area contributed by atoms with Gasteiger partial charge in [-0.1, -0.05) is 29.3 Å². The zero-order chi connectivity index (χ0) is 18.1. The van der Waals surface area contributed by atoms with Crippen LogP contribution in [0, 0.1) is 0 Å². The van der Waals surface area contributed by atoms with E-state index >= 15 is 0 Å². The maximum absolute atomic E-state index is 12.7. The third-order valence-electron chi connectivity index (χ3n) is 4.38. The normalized spacial score (nSPS) is 13.8. The van der Waals surface area contributed by atoms with Crippen molar-refractivity contribution in [2.45, 2.75) is 25.4 Å². The zero-order valence-electron chi connectivity index (χ0n) is 13.9. The lowest BCUT2D eigenvalue weighted by atomic mass is 10.3. The lowest BCUT2D eigenvalue weighted by Crippen LogP contribution is -2.36. The minimum absolute atomic E-state index is 0.0609. The number of carbonyl (C=O) groups excluding carboxylic acids is 1. The summed E-state index contributed by atoms with van der Waals surface area (Å²) in [6, 6.07) is 11.1. The van der Waals surface area contributed by atoms with E-state index < -0.39 is 0 Å². The van der Waals surface area contributed by atoms with E-state index in [1.54, 1.807) is 18.2 Å². The van der Waals surface area contributed by atoms with E-state index in [-0.39, 0.29) is 18.6 Å². The minimum atomic E-state index is -0.0654. The Bertz CT molecular complexity index is 953. The van der Waals surface area contributed by atoms with Crippen molar-refractivity contribution in [1.82, 2.24) is 14.3 Å². The number of ether oxygens (including phenoxy) is 1. The van der Waals surface area contributed by atoms with Gasteiger partial charge in [0, 0.05) is 17.3 Å². The molecule has 134 valence electrons. The van der Waals surface area contributed by atoms with Crippen molar-refractivity contribution in [2.75, 3.05) is 6.61 Å². The molecule has 1 amide bonds. The molecule has 5 nitrogen and oxygen atoms in total. The first kappa shape index (κ1) is 17.2. The highest BCUT2D eigenvalue weighted by molar-refractivity contribution is 6.35. The number of benzene rings is 1. The molecule has 1 aliphatic rings. The van der Waals surface area contributed by atoms with Crippen LogP contribution in [0.2, 0.25) is 10.0 Å². The predicted octanol–water partition coefficient (Wildman–Crippen LogP) is 4.21. The molecule has 4 rings (SSSR count). The van der Waals surface area contributed by atoms with E-state index in [4.69, 9.17) is 27.9 Å². The molecule has 0 unspecified atom stereocenters. The summed E-state index contributed by atoms with van der Waals surface area (Å²) < 4.78 is 7.61. The molecule has 7 heteroatoms. The molecule has 1 fully saturated rings. The Balaban J connectivity index is 1.47. The standard InChI is InChI=1S/C19H17Cl2N3O2/c20-13-4-7-17(16(21)9-13)26-12-19(25)24(14-5-6-14)11-15-10-22-18-3-1-2-8-23(15)18/h1-4,7-10,14H,5-6,11-12H2. The smallest absolute Gasteiger partial charge is 0.261 e. The molecule has 0 radical (unpaired) electrons. The van der Waals surface area contributed by atoms with Gasteiger partial charge < -0.3 is 14.0 Å². The molecule has 1 aliphatic carbocycles. The summed E-state index contributed by atoms with van der Waals surface area (Å²) in [6.45, 7) is 0.445. The summed E-state index contributed by atoms with van der Waals surface area (Å²) in [6.07, 6.45) is 5.81. The minimum Gasteiger partial charge on any atom is -0.482 e. The number of halogens is 2.